The Morgan fingerprint density at radius 2 is 1.94 bits per heavy atom. The van der Waals surface area contributed by atoms with Gasteiger partial charge < -0.3 is 15.2 Å². The van der Waals surface area contributed by atoms with E-state index >= 15 is 0 Å². The molecule has 2 fully saturated rings. The molecule has 1 saturated heterocycles. The fraction of sp³-hybridized carbons (Fsp3) is 0.455. The zero-order valence-corrected chi connectivity index (χ0v) is 22.0. The monoisotopic (exact) mass is 501 g/mol. The molecule has 8 nitrogen and oxygen atoms in total. The van der Waals surface area contributed by atoms with Crippen molar-refractivity contribution >= 4 is 76.7 Å². The largest absolute Gasteiger partial charge is 0.477 e. The molecule has 11 heteroatoms. The average molecular weight is 502 g/mol. The van der Waals surface area contributed by atoms with Gasteiger partial charge in [0, 0.05) is 52.8 Å². The fourth-order valence-electron chi connectivity index (χ4n) is 4.71. The van der Waals surface area contributed by atoms with Crippen molar-refractivity contribution in [3.8, 4) is 0 Å². The molecule has 2 amide bonds. The van der Waals surface area contributed by atoms with Crippen LogP contribution in [0.15, 0.2) is 35.5 Å². The summed E-state index contributed by atoms with van der Waals surface area (Å²) < 4.78 is 4.94. The molecule has 1 aromatic rings. The van der Waals surface area contributed by atoms with Gasteiger partial charge in [-0.25, -0.2) is 4.79 Å². The van der Waals surface area contributed by atoms with Crippen LogP contribution in [0.2, 0.25) is 5.02 Å². The third kappa shape index (κ3) is 4.71. The van der Waals surface area contributed by atoms with E-state index in [-0.39, 0.29) is 53.5 Å². The van der Waals surface area contributed by atoms with E-state index in [0.717, 1.165) is 18.4 Å². The number of β-lactam (4-membered cyclic amide) rings is 1. The van der Waals surface area contributed by atoms with Crippen LogP contribution >= 0.6 is 23.4 Å². The summed E-state index contributed by atoms with van der Waals surface area (Å²) >= 11 is 7.76. The van der Waals surface area contributed by atoms with E-state index in [1.165, 1.54) is 23.6 Å². The minimum absolute atomic E-state index is 0. The van der Waals surface area contributed by atoms with E-state index in [0.29, 0.717) is 23.4 Å². The number of carboxylic acid groups (broad SMARTS) is 1. The van der Waals surface area contributed by atoms with E-state index in [2.05, 4.69) is 5.32 Å². The minimum atomic E-state index is -1.26. The Labute approximate surface area is 222 Å². The van der Waals surface area contributed by atoms with Crippen LogP contribution in [0.1, 0.15) is 38.2 Å². The maximum absolute atomic E-state index is 13.5. The van der Waals surface area contributed by atoms with Crippen molar-refractivity contribution in [1.82, 2.24) is 10.2 Å². The molecule has 2 aliphatic heterocycles. The van der Waals surface area contributed by atoms with Gasteiger partial charge in [-0.1, -0.05) is 42.6 Å². The molecule has 2 atom stereocenters. The Kier molecular flexibility index (Phi) is 8.22. The van der Waals surface area contributed by atoms with Crippen LogP contribution in [-0.4, -0.2) is 87.1 Å². The molecule has 3 aliphatic rings. The summed E-state index contributed by atoms with van der Waals surface area (Å²) in [5, 5.41) is 12.6. The zero-order chi connectivity index (χ0) is 23.0. The number of carbonyl (C=O) groups is 4. The number of amides is 2. The van der Waals surface area contributed by atoms with Crippen molar-refractivity contribution in [3.63, 3.8) is 0 Å². The summed E-state index contributed by atoms with van der Waals surface area (Å²) in [5.41, 5.74) is 0.138. The molecule has 1 saturated carbocycles. The summed E-state index contributed by atoms with van der Waals surface area (Å²) in [5.74, 6) is -2.26. The molecule has 4 rings (SSSR count). The number of benzene rings is 1. The summed E-state index contributed by atoms with van der Waals surface area (Å²) in [6, 6.07) is 6.44. The number of nitrogens with one attached hydrogen (secondary N) is 1. The predicted octanol–water partition coefficient (Wildman–Crippen LogP) is 2.07. The quantitative estimate of drug-likeness (QED) is 0.348. The molecule has 33 heavy (non-hydrogen) atoms. The standard InChI is InChI=1S/C22H23ClN2O6S.Na/c1-12(26)31-10-13-11-32-19-16(18(27)25(19)17(13)20(28)29)24-21(30)22(8-4-5-9-22)14-6-2-3-7-15(14)23;/h2-3,6-7,16,19H,4-5,8-11H2,1H3,(H,24,30)(H,28,29);/t16-,19-;/m1./s1. The number of carboxylic acids is 1. The topological polar surface area (TPSA) is 113 Å². The summed E-state index contributed by atoms with van der Waals surface area (Å²) in [6.07, 6.45) is 3.04. The molecular formula is C22H23ClN2NaO6S. The van der Waals surface area contributed by atoms with Crippen LogP contribution in [0.3, 0.4) is 0 Å². The number of aliphatic carboxylic acids is 1. The smallest absolute Gasteiger partial charge is 0.352 e. The minimum Gasteiger partial charge on any atom is -0.477 e. The first kappa shape index (κ1) is 26.1. The molecule has 2 heterocycles. The zero-order valence-electron chi connectivity index (χ0n) is 18.4. The number of halogens is 1. The Balaban J connectivity index is 0.00000306. The Morgan fingerprint density at radius 3 is 2.55 bits per heavy atom. The van der Waals surface area contributed by atoms with Crippen molar-refractivity contribution in [1.29, 1.82) is 0 Å². The SMILES string of the molecule is CC(=O)OCC1=C(C(=O)O)N2C(=O)[C@@H](NC(=O)C3(c4ccccc4Cl)CCCC3)[C@H]2SC1.[Na]. The number of fused-ring (bicyclic) bond motifs is 1. The summed E-state index contributed by atoms with van der Waals surface area (Å²) in [6.45, 7) is 1.05. The number of carbonyl (C=O) groups excluding carboxylic acids is 3. The third-order valence-electron chi connectivity index (χ3n) is 6.27. The normalized spacial score (nSPS) is 23.2. The molecule has 2 N–H and O–H groups in total. The number of hydrogen-bond acceptors (Lipinski definition) is 6. The van der Waals surface area contributed by atoms with Crippen LogP contribution < -0.4 is 5.32 Å². The molecule has 1 aliphatic carbocycles. The number of ether oxygens (including phenoxy) is 1. The number of hydrogen-bond donors (Lipinski definition) is 2. The van der Waals surface area contributed by atoms with Crippen LogP contribution in [-0.2, 0) is 29.3 Å². The van der Waals surface area contributed by atoms with Crippen molar-refractivity contribution in [2.75, 3.05) is 12.4 Å². The second kappa shape index (κ2) is 10.4. The van der Waals surface area contributed by atoms with Crippen LogP contribution in [0.25, 0.3) is 0 Å². The Hall–Kier alpha value is -1.52. The number of rotatable bonds is 6. The van der Waals surface area contributed by atoms with E-state index in [1.54, 1.807) is 6.07 Å². The van der Waals surface area contributed by atoms with Crippen LogP contribution in [0, 0.1) is 0 Å². The van der Waals surface area contributed by atoms with Gasteiger partial charge in [0.2, 0.25) is 5.91 Å². The van der Waals surface area contributed by atoms with Gasteiger partial charge in [-0.3, -0.25) is 19.3 Å². The van der Waals surface area contributed by atoms with Gasteiger partial charge in [-0.2, -0.15) is 0 Å². The molecule has 171 valence electrons. The number of nitrogens with zero attached hydrogens (tertiary/aromatic N) is 1. The van der Waals surface area contributed by atoms with Crippen molar-refractivity contribution < 1.29 is 29.0 Å². The van der Waals surface area contributed by atoms with Crippen LogP contribution in [0.5, 0.6) is 0 Å². The Bertz CT molecular complexity index is 1030. The van der Waals surface area contributed by atoms with Gasteiger partial charge in [0.15, 0.2) is 0 Å². The van der Waals surface area contributed by atoms with Crippen molar-refractivity contribution in [2.24, 2.45) is 0 Å². The molecule has 0 bridgehead atoms. The van der Waals surface area contributed by atoms with Gasteiger partial charge >= 0.3 is 11.9 Å². The molecule has 0 unspecified atom stereocenters. The van der Waals surface area contributed by atoms with Crippen molar-refractivity contribution in [2.45, 2.75) is 49.4 Å². The number of thioether (sulfide) groups is 1. The third-order valence-corrected chi connectivity index (χ3v) is 7.94. The molecule has 0 spiro atoms. The Morgan fingerprint density at radius 1 is 1.27 bits per heavy atom. The first-order valence-electron chi connectivity index (χ1n) is 10.4. The number of esters is 1. The van der Waals surface area contributed by atoms with Gasteiger partial charge in [0.05, 0.1) is 5.41 Å². The molecular weight excluding hydrogens is 479 g/mol. The second-order valence-corrected chi connectivity index (χ2v) is 9.68. The van der Waals surface area contributed by atoms with Gasteiger partial charge in [-0.05, 0) is 24.5 Å². The molecule has 0 aromatic heterocycles. The predicted molar refractivity (Wildman–Crippen MR) is 124 cm³/mol. The first-order chi connectivity index (χ1) is 15.3. The maximum atomic E-state index is 13.5. The van der Waals surface area contributed by atoms with E-state index in [9.17, 15) is 24.3 Å². The maximum Gasteiger partial charge on any atom is 0.352 e. The van der Waals surface area contributed by atoms with Gasteiger partial charge in [0.25, 0.3) is 5.91 Å². The second-order valence-electron chi connectivity index (χ2n) is 8.17. The molecule has 1 aromatic carbocycles. The average Bonchev–Trinajstić information content (AvgIpc) is 3.26. The first-order valence-corrected chi connectivity index (χ1v) is 11.8. The van der Waals surface area contributed by atoms with Crippen molar-refractivity contribution in [3.05, 3.63) is 46.1 Å². The summed E-state index contributed by atoms with van der Waals surface area (Å²) in [7, 11) is 0. The van der Waals surface area contributed by atoms with E-state index in [1.807, 2.05) is 18.2 Å². The van der Waals surface area contributed by atoms with Gasteiger partial charge in [0.1, 0.15) is 23.7 Å². The fourth-order valence-corrected chi connectivity index (χ4v) is 6.35. The van der Waals surface area contributed by atoms with Gasteiger partial charge in [-0.15, -0.1) is 11.8 Å². The van der Waals surface area contributed by atoms with E-state index < -0.39 is 34.7 Å². The van der Waals surface area contributed by atoms with Crippen LogP contribution in [0.4, 0.5) is 0 Å². The van der Waals surface area contributed by atoms with E-state index in [4.69, 9.17) is 16.3 Å². The summed E-state index contributed by atoms with van der Waals surface area (Å²) in [4.78, 5) is 50.5. The molecule has 1 radical (unpaired) electrons.